The molecule has 2 aromatic rings. The molecule has 102 valence electrons. The number of carbonyl (C=O) groups is 1. The average Bonchev–Trinajstić information content (AvgIpc) is 2.73. The molecule has 6 heteroatoms. The molecule has 1 atom stereocenters. The molecule has 0 bridgehead atoms. The summed E-state index contributed by atoms with van der Waals surface area (Å²) in [5.74, 6) is -1.27. The molecule has 6 nitrogen and oxygen atoms in total. The van der Waals surface area contributed by atoms with E-state index in [1.165, 1.54) is 0 Å². The summed E-state index contributed by atoms with van der Waals surface area (Å²) in [5, 5.41) is 8.54. The fraction of sp³-hybridized carbons (Fsp3) is 0.385. The molecule has 0 aliphatic rings. The number of aromatic nitrogens is 1. The molecular weight excluding hydrogens is 248 g/mol. The number of benzene rings is 1. The predicted octanol–water partition coefficient (Wildman–Crippen LogP) is 1.77. The SMILES string of the molecule is NC(CCCCC(=O)O)c1ccc2[nH]c(=O)oc2c1. The van der Waals surface area contributed by atoms with Gasteiger partial charge in [0, 0.05) is 12.5 Å². The molecule has 2 rings (SSSR count). The molecule has 0 aliphatic carbocycles. The molecule has 1 unspecified atom stereocenters. The third-order valence-corrected chi connectivity index (χ3v) is 3.03. The van der Waals surface area contributed by atoms with Gasteiger partial charge in [-0.05, 0) is 30.5 Å². The number of hydrogen-bond acceptors (Lipinski definition) is 4. The number of H-pyrrole nitrogens is 1. The number of nitrogens with two attached hydrogens (primary N) is 1. The van der Waals surface area contributed by atoms with Crippen molar-refractivity contribution in [3.05, 3.63) is 34.3 Å². The van der Waals surface area contributed by atoms with Crippen molar-refractivity contribution in [2.75, 3.05) is 0 Å². The molecule has 1 heterocycles. The van der Waals surface area contributed by atoms with Crippen LogP contribution in [0.25, 0.3) is 11.1 Å². The van der Waals surface area contributed by atoms with Crippen LogP contribution in [-0.4, -0.2) is 16.1 Å². The van der Waals surface area contributed by atoms with Gasteiger partial charge in [0.05, 0.1) is 5.52 Å². The zero-order chi connectivity index (χ0) is 13.8. The van der Waals surface area contributed by atoms with Crippen molar-refractivity contribution in [1.29, 1.82) is 0 Å². The van der Waals surface area contributed by atoms with Crippen LogP contribution < -0.4 is 11.5 Å². The Morgan fingerprint density at radius 3 is 2.95 bits per heavy atom. The smallest absolute Gasteiger partial charge is 0.417 e. The Kier molecular flexibility index (Phi) is 4.01. The second kappa shape index (κ2) is 5.71. The minimum Gasteiger partial charge on any atom is -0.481 e. The van der Waals surface area contributed by atoms with Gasteiger partial charge >= 0.3 is 11.7 Å². The van der Waals surface area contributed by atoms with E-state index < -0.39 is 11.7 Å². The van der Waals surface area contributed by atoms with E-state index in [0.717, 1.165) is 12.0 Å². The maximum absolute atomic E-state index is 11.0. The predicted molar refractivity (Wildman–Crippen MR) is 69.9 cm³/mol. The Morgan fingerprint density at radius 2 is 2.21 bits per heavy atom. The Hall–Kier alpha value is -2.08. The molecule has 4 N–H and O–H groups in total. The summed E-state index contributed by atoms with van der Waals surface area (Å²) in [7, 11) is 0. The lowest BCUT2D eigenvalue weighted by molar-refractivity contribution is -0.137. The zero-order valence-corrected chi connectivity index (χ0v) is 10.4. The van der Waals surface area contributed by atoms with Gasteiger partial charge in [0.2, 0.25) is 0 Å². The van der Waals surface area contributed by atoms with Crippen LogP contribution in [0, 0.1) is 0 Å². The van der Waals surface area contributed by atoms with E-state index in [4.69, 9.17) is 15.3 Å². The van der Waals surface area contributed by atoms with E-state index in [-0.39, 0.29) is 12.5 Å². The lowest BCUT2D eigenvalue weighted by Gasteiger charge is -2.11. The normalized spacial score (nSPS) is 12.7. The number of carboxylic acid groups (broad SMARTS) is 1. The third kappa shape index (κ3) is 3.45. The van der Waals surface area contributed by atoms with Crippen LogP contribution in [-0.2, 0) is 4.79 Å². The molecular formula is C13H16N2O4. The second-order valence-corrected chi connectivity index (χ2v) is 4.52. The van der Waals surface area contributed by atoms with Gasteiger partial charge in [-0.15, -0.1) is 0 Å². The molecule has 1 aromatic heterocycles. The van der Waals surface area contributed by atoms with Gasteiger partial charge in [-0.3, -0.25) is 9.78 Å². The number of carboxylic acids is 1. The summed E-state index contributed by atoms with van der Waals surface area (Å²) in [6.07, 6.45) is 2.24. The first-order chi connectivity index (χ1) is 9.06. The third-order valence-electron chi connectivity index (χ3n) is 3.03. The van der Waals surface area contributed by atoms with Gasteiger partial charge in [-0.25, -0.2) is 4.79 Å². The van der Waals surface area contributed by atoms with Crippen molar-refractivity contribution in [2.45, 2.75) is 31.7 Å². The van der Waals surface area contributed by atoms with Crippen molar-refractivity contribution >= 4 is 17.1 Å². The Labute approximate surface area is 109 Å². The van der Waals surface area contributed by atoms with Crippen LogP contribution >= 0.6 is 0 Å². The fourth-order valence-corrected chi connectivity index (χ4v) is 2.00. The number of oxazole rings is 1. The van der Waals surface area contributed by atoms with Gasteiger partial charge in [-0.1, -0.05) is 12.5 Å². The van der Waals surface area contributed by atoms with Crippen LogP contribution in [0.2, 0.25) is 0 Å². The highest BCUT2D eigenvalue weighted by Gasteiger charge is 2.09. The van der Waals surface area contributed by atoms with Crippen molar-refractivity contribution in [1.82, 2.24) is 4.98 Å². The first-order valence-corrected chi connectivity index (χ1v) is 6.16. The van der Waals surface area contributed by atoms with Crippen LogP contribution in [0.4, 0.5) is 0 Å². The quantitative estimate of drug-likeness (QED) is 0.689. The lowest BCUT2D eigenvalue weighted by Crippen LogP contribution is -2.10. The summed E-state index contributed by atoms with van der Waals surface area (Å²) >= 11 is 0. The van der Waals surface area contributed by atoms with E-state index >= 15 is 0 Å². The number of nitrogens with one attached hydrogen (secondary N) is 1. The maximum Gasteiger partial charge on any atom is 0.417 e. The number of hydrogen-bond donors (Lipinski definition) is 3. The monoisotopic (exact) mass is 264 g/mol. The van der Waals surface area contributed by atoms with E-state index in [0.29, 0.717) is 23.9 Å². The van der Waals surface area contributed by atoms with Crippen molar-refractivity contribution < 1.29 is 14.3 Å². The minimum atomic E-state index is -0.788. The number of rotatable bonds is 6. The van der Waals surface area contributed by atoms with E-state index in [2.05, 4.69) is 4.98 Å². The zero-order valence-electron chi connectivity index (χ0n) is 10.4. The topological polar surface area (TPSA) is 109 Å². The summed E-state index contributed by atoms with van der Waals surface area (Å²) < 4.78 is 4.97. The average molecular weight is 264 g/mol. The molecule has 0 fully saturated rings. The Balaban J connectivity index is 1.98. The minimum absolute atomic E-state index is 0.165. The standard InChI is InChI=1S/C13H16N2O4/c14-9(3-1-2-4-12(16)17)8-5-6-10-11(7-8)19-13(18)15-10/h5-7,9H,1-4,14H2,(H,15,18)(H,16,17). The van der Waals surface area contributed by atoms with Crippen LogP contribution in [0.3, 0.4) is 0 Å². The molecule has 0 radical (unpaired) electrons. The lowest BCUT2D eigenvalue weighted by atomic mass is 10.0. The Morgan fingerprint density at radius 1 is 1.42 bits per heavy atom. The molecule has 19 heavy (non-hydrogen) atoms. The highest BCUT2D eigenvalue weighted by molar-refractivity contribution is 5.72. The fourth-order valence-electron chi connectivity index (χ4n) is 2.00. The molecule has 1 aromatic carbocycles. The molecule has 0 spiro atoms. The van der Waals surface area contributed by atoms with Crippen molar-refractivity contribution in [2.24, 2.45) is 5.73 Å². The van der Waals surface area contributed by atoms with Crippen molar-refractivity contribution in [3.63, 3.8) is 0 Å². The van der Waals surface area contributed by atoms with Gasteiger partial charge in [-0.2, -0.15) is 0 Å². The van der Waals surface area contributed by atoms with Gasteiger partial charge in [0.1, 0.15) is 0 Å². The van der Waals surface area contributed by atoms with Crippen LogP contribution in [0.15, 0.2) is 27.4 Å². The first-order valence-electron chi connectivity index (χ1n) is 6.16. The molecule has 0 saturated carbocycles. The Bertz CT molecular complexity index is 629. The van der Waals surface area contributed by atoms with Crippen molar-refractivity contribution in [3.8, 4) is 0 Å². The van der Waals surface area contributed by atoms with Gasteiger partial charge in [0.25, 0.3) is 0 Å². The highest BCUT2D eigenvalue weighted by atomic mass is 16.4. The largest absolute Gasteiger partial charge is 0.481 e. The number of aromatic amines is 1. The number of fused-ring (bicyclic) bond motifs is 1. The summed E-state index contributed by atoms with van der Waals surface area (Å²) in [4.78, 5) is 24.0. The van der Waals surface area contributed by atoms with Crippen LogP contribution in [0.5, 0.6) is 0 Å². The second-order valence-electron chi connectivity index (χ2n) is 4.52. The van der Waals surface area contributed by atoms with Crippen LogP contribution in [0.1, 0.15) is 37.3 Å². The maximum atomic E-state index is 11.0. The number of aliphatic carboxylic acids is 1. The van der Waals surface area contributed by atoms with Gasteiger partial charge < -0.3 is 15.3 Å². The molecule has 0 saturated heterocycles. The first kappa shape index (κ1) is 13.4. The number of unbranched alkanes of at least 4 members (excludes halogenated alkanes) is 1. The molecule has 0 amide bonds. The van der Waals surface area contributed by atoms with Gasteiger partial charge in [0.15, 0.2) is 5.58 Å². The van der Waals surface area contributed by atoms with E-state index in [1.807, 2.05) is 6.07 Å². The highest BCUT2D eigenvalue weighted by Crippen LogP contribution is 2.21. The summed E-state index contributed by atoms with van der Waals surface area (Å²) in [6, 6.07) is 5.16. The summed E-state index contributed by atoms with van der Waals surface area (Å²) in [6.45, 7) is 0. The van der Waals surface area contributed by atoms with E-state index in [1.54, 1.807) is 12.1 Å². The molecule has 0 aliphatic heterocycles. The summed E-state index contributed by atoms with van der Waals surface area (Å²) in [5.41, 5.74) is 8.05. The van der Waals surface area contributed by atoms with E-state index in [9.17, 15) is 9.59 Å².